The average molecular weight is 391 g/mol. The van der Waals surface area contributed by atoms with E-state index >= 15 is 0 Å². The monoisotopic (exact) mass is 390 g/mol. The molecule has 0 fully saturated rings. The van der Waals surface area contributed by atoms with Crippen LogP contribution in [0.2, 0.25) is 0 Å². The van der Waals surface area contributed by atoms with Crippen molar-refractivity contribution >= 4 is 21.6 Å². The van der Waals surface area contributed by atoms with Crippen molar-refractivity contribution in [1.82, 2.24) is 4.90 Å². The third kappa shape index (κ3) is 5.99. The first-order valence-electron chi connectivity index (χ1n) is 8.78. The maximum Gasteiger partial charge on any atom is 0.232 e. The zero-order valence-electron chi connectivity index (χ0n) is 16.0. The van der Waals surface area contributed by atoms with Crippen LogP contribution >= 0.6 is 0 Å². The molecule has 0 heterocycles. The molecule has 146 valence electrons. The lowest BCUT2D eigenvalue weighted by Gasteiger charge is -2.25. The number of sulfonamides is 1. The van der Waals surface area contributed by atoms with Crippen molar-refractivity contribution in [3.8, 4) is 5.75 Å². The first kappa shape index (κ1) is 20.8. The van der Waals surface area contributed by atoms with Gasteiger partial charge >= 0.3 is 0 Å². The maximum atomic E-state index is 12.6. The highest BCUT2D eigenvalue weighted by molar-refractivity contribution is 7.92. The number of carbonyl (C=O) groups is 1. The third-order valence-corrected chi connectivity index (χ3v) is 5.43. The molecular formula is C20H26N2O4S. The summed E-state index contributed by atoms with van der Waals surface area (Å²) in [5, 5.41) is 0. The molecule has 2 aromatic carbocycles. The number of methoxy groups -OCH3 is 1. The molecule has 0 saturated heterocycles. The van der Waals surface area contributed by atoms with Gasteiger partial charge in [0.2, 0.25) is 15.9 Å². The second-order valence-electron chi connectivity index (χ2n) is 6.18. The lowest BCUT2D eigenvalue weighted by molar-refractivity contribution is -0.131. The second-order valence-corrected chi connectivity index (χ2v) is 8.08. The first-order chi connectivity index (χ1) is 12.8. The lowest BCUT2D eigenvalue weighted by Crippen LogP contribution is -2.36. The summed E-state index contributed by atoms with van der Waals surface area (Å²) in [6, 6.07) is 16.5. The molecule has 0 aliphatic rings. The van der Waals surface area contributed by atoms with E-state index in [0.717, 1.165) is 11.8 Å². The van der Waals surface area contributed by atoms with Gasteiger partial charge in [0.15, 0.2) is 0 Å². The summed E-state index contributed by atoms with van der Waals surface area (Å²) in [7, 11) is -1.95. The van der Waals surface area contributed by atoms with Gasteiger partial charge in [-0.1, -0.05) is 30.3 Å². The Morgan fingerprint density at radius 3 is 2.19 bits per heavy atom. The SMILES string of the molecule is CCN(Cc1ccccc1)C(=O)CCN(c1ccc(OC)cc1)S(C)(=O)=O. The van der Waals surface area contributed by atoms with E-state index in [1.54, 1.807) is 36.3 Å². The van der Waals surface area contributed by atoms with Gasteiger partial charge in [0.1, 0.15) is 5.75 Å². The molecule has 0 aliphatic carbocycles. The normalized spacial score (nSPS) is 11.1. The Hall–Kier alpha value is -2.54. The van der Waals surface area contributed by atoms with Gasteiger partial charge in [-0.15, -0.1) is 0 Å². The minimum absolute atomic E-state index is 0.0801. The fraction of sp³-hybridized carbons (Fsp3) is 0.350. The molecule has 0 aliphatic heterocycles. The van der Waals surface area contributed by atoms with Crippen LogP contribution in [0.25, 0.3) is 0 Å². The molecule has 2 rings (SSSR count). The van der Waals surface area contributed by atoms with Gasteiger partial charge in [0, 0.05) is 26.1 Å². The van der Waals surface area contributed by atoms with Crippen LogP contribution in [0.5, 0.6) is 5.75 Å². The molecule has 0 N–H and O–H groups in total. The summed E-state index contributed by atoms with van der Waals surface area (Å²) in [4.78, 5) is 14.4. The van der Waals surface area contributed by atoms with E-state index < -0.39 is 10.0 Å². The van der Waals surface area contributed by atoms with Crippen molar-refractivity contribution in [2.75, 3.05) is 30.8 Å². The second kappa shape index (κ2) is 9.41. The molecule has 0 bridgehead atoms. The number of hydrogen-bond acceptors (Lipinski definition) is 4. The number of nitrogens with zero attached hydrogens (tertiary/aromatic N) is 2. The molecule has 0 spiro atoms. The highest BCUT2D eigenvalue weighted by Crippen LogP contribution is 2.22. The van der Waals surface area contributed by atoms with E-state index in [2.05, 4.69) is 0 Å². The van der Waals surface area contributed by atoms with E-state index in [1.807, 2.05) is 37.3 Å². The van der Waals surface area contributed by atoms with Crippen molar-refractivity contribution in [3.63, 3.8) is 0 Å². The summed E-state index contributed by atoms with van der Waals surface area (Å²) in [5.41, 5.74) is 1.56. The van der Waals surface area contributed by atoms with E-state index in [0.29, 0.717) is 24.5 Å². The first-order valence-corrected chi connectivity index (χ1v) is 10.6. The lowest BCUT2D eigenvalue weighted by atomic mass is 10.2. The summed E-state index contributed by atoms with van der Waals surface area (Å²) < 4.78 is 30.8. The highest BCUT2D eigenvalue weighted by atomic mass is 32.2. The number of ether oxygens (including phenoxy) is 1. The average Bonchev–Trinajstić information content (AvgIpc) is 2.66. The number of rotatable bonds is 9. The summed E-state index contributed by atoms with van der Waals surface area (Å²) in [6.07, 6.45) is 1.25. The van der Waals surface area contributed by atoms with Crippen LogP contribution in [0.1, 0.15) is 18.9 Å². The zero-order chi connectivity index (χ0) is 19.9. The molecule has 0 radical (unpaired) electrons. The van der Waals surface area contributed by atoms with Crippen LogP contribution in [0, 0.1) is 0 Å². The Labute approximate surface area is 161 Å². The van der Waals surface area contributed by atoms with Crippen LogP contribution in [0.4, 0.5) is 5.69 Å². The molecule has 1 amide bonds. The Morgan fingerprint density at radius 2 is 1.67 bits per heavy atom. The summed E-state index contributed by atoms with van der Waals surface area (Å²) in [6.45, 7) is 3.08. The van der Waals surface area contributed by atoms with Gasteiger partial charge in [-0.3, -0.25) is 9.10 Å². The Morgan fingerprint density at radius 1 is 1.04 bits per heavy atom. The van der Waals surface area contributed by atoms with Gasteiger partial charge in [0.25, 0.3) is 0 Å². The number of benzene rings is 2. The van der Waals surface area contributed by atoms with Crippen molar-refractivity contribution in [1.29, 1.82) is 0 Å². The minimum Gasteiger partial charge on any atom is -0.497 e. The number of amides is 1. The number of hydrogen-bond donors (Lipinski definition) is 0. The predicted octanol–water partition coefficient (Wildman–Crippen LogP) is 2.90. The van der Waals surface area contributed by atoms with E-state index in [9.17, 15) is 13.2 Å². The van der Waals surface area contributed by atoms with E-state index in [-0.39, 0.29) is 18.9 Å². The number of anilines is 1. The Bertz CT molecular complexity index is 836. The van der Waals surface area contributed by atoms with E-state index in [1.165, 1.54) is 4.31 Å². The largest absolute Gasteiger partial charge is 0.497 e. The summed E-state index contributed by atoms with van der Waals surface area (Å²) in [5.74, 6) is 0.562. The molecule has 2 aromatic rings. The molecular weight excluding hydrogens is 364 g/mol. The van der Waals surface area contributed by atoms with Gasteiger partial charge in [-0.2, -0.15) is 0 Å². The fourth-order valence-electron chi connectivity index (χ4n) is 2.77. The number of carbonyl (C=O) groups excluding carboxylic acids is 1. The standard InChI is InChI=1S/C20H26N2O4S/c1-4-21(16-17-8-6-5-7-9-17)20(23)14-15-22(27(3,24)25)18-10-12-19(26-2)13-11-18/h5-13H,4,14-16H2,1-3H3. The maximum absolute atomic E-state index is 12.6. The van der Waals surface area contributed by atoms with Crippen LogP contribution in [-0.2, 0) is 21.4 Å². The Balaban J connectivity index is 2.07. The topological polar surface area (TPSA) is 66.9 Å². The molecule has 7 heteroatoms. The summed E-state index contributed by atoms with van der Waals surface area (Å²) >= 11 is 0. The Kier molecular flexibility index (Phi) is 7.24. The van der Waals surface area contributed by atoms with Crippen molar-refractivity contribution in [2.24, 2.45) is 0 Å². The van der Waals surface area contributed by atoms with E-state index in [4.69, 9.17) is 4.74 Å². The zero-order valence-corrected chi connectivity index (χ0v) is 16.8. The van der Waals surface area contributed by atoms with Crippen molar-refractivity contribution < 1.29 is 17.9 Å². The van der Waals surface area contributed by atoms with Gasteiger partial charge in [0.05, 0.1) is 19.1 Å². The van der Waals surface area contributed by atoms with Crippen LogP contribution in [0.15, 0.2) is 54.6 Å². The smallest absolute Gasteiger partial charge is 0.232 e. The van der Waals surface area contributed by atoms with Crippen molar-refractivity contribution in [2.45, 2.75) is 19.9 Å². The van der Waals surface area contributed by atoms with Crippen LogP contribution in [-0.4, -0.2) is 45.7 Å². The molecule has 27 heavy (non-hydrogen) atoms. The third-order valence-electron chi connectivity index (χ3n) is 4.24. The van der Waals surface area contributed by atoms with Gasteiger partial charge < -0.3 is 9.64 Å². The molecule has 0 aromatic heterocycles. The van der Waals surface area contributed by atoms with Gasteiger partial charge in [-0.25, -0.2) is 8.42 Å². The quantitative estimate of drug-likeness (QED) is 0.660. The highest BCUT2D eigenvalue weighted by Gasteiger charge is 2.20. The minimum atomic E-state index is -3.50. The van der Waals surface area contributed by atoms with Gasteiger partial charge in [-0.05, 0) is 36.8 Å². The molecule has 0 atom stereocenters. The van der Waals surface area contributed by atoms with Crippen molar-refractivity contribution in [3.05, 3.63) is 60.2 Å². The van der Waals surface area contributed by atoms with Crippen LogP contribution in [0.3, 0.4) is 0 Å². The molecule has 0 unspecified atom stereocenters. The molecule has 0 saturated carbocycles. The fourth-order valence-corrected chi connectivity index (χ4v) is 3.70. The van der Waals surface area contributed by atoms with Crippen LogP contribution < -0.4 is 9.04 Å². The predicted molar refractivity (Wildman–Crippen MR) is 107 cm³/mol. The molecule has 6 nitrogen and oxygen atoms in total.